The number of benzene rings is 2. The molecule has 0 saturated carbocycles. The van der Waals surface area contributed by atoms with Crippen LogP contribution in [0.5, 0.6) is 0 Å². The van der Waals surface area contributed by atoms with E-state index in [9.17, 15) is 9.90 Å². The molecule has 4 heteroatoms. The monoisotopic (exact) mass is 517 g/mol. The van der Waals surface area contributed by atoms with Crippen LogP contribution < -0.4 is 14.9 Å². The molecule has 0 aliphatic heterocycles. The first-order valence-electron chi connectivity index (χ1n) is 15.1. The molecule has 0 amide bonds. The summed E-state index contributed by atoms with van der Waals surface area (Å²) in [6.45, 7) is 6.53. The zero-order chi connectivity index (χ0) is 27.3. The van der Waals surface area contributed by atoms with Gasteiger partial charge in [-0.25, -0.2) is 0 Å². The maximum atomic E-state index is 13.0. The summed E-state index contributed by atoms with van der Waals surface area (Å²) < 4.78 is 0. The van der Waals surface area contributed by atoms with E-state index >= 15 is 0 Å². The Labute approximate surface area is 231 Å². The van der Waals surface area contributed by atoms with Crippen LogP contribution in [0.15, 0.2) is 54.3 Å². The van der Waals surface area contributed by atoms with Crippen LogP contribution in [0.3, 0.4) is 0 Å². The number of hydrogen-bond donors (Lipinski definition) is 0. The lowest BCUT2D eigenvalue weighted by atomic mass is 9.75. The van der Waals surface area contributed by atoms with E-state index in [2.05, 4.69) is 37.7 Å². The second-order valence-electron chi connectivity index (χ2n) is 11.1. The van der Waals surface area contributed by atoms with E-state index in [4.69, 9.17) is 0 Å². The summed E-state index contributed by atoms with van der Waals surface area (Å²) in [6.07, 6.45) is 15.4. The molecule has 0 aromatic heterocycles. The van der Waals surface area contributed by atoms with Crippen LogP contribution in [-0.4, -0.2) is 33.0 Å². The molecule has 0 fully saturated rings. The van der Waals surface area contributed by atoms with Crippen molar-refractivity contribution in [1.29, 1.82) is 0 Å². The average Bonchev–Trinajstić information content (AvgIpc) is 2.93. The van der Waals surface area contributed by atoms with Crippen molar-refractivity contribution >= 4 is 22.7 Å². The molecule has 1 aliphatic rings. The van der Waals surface area contributed by atoms with E-state index in [0.717, 1.165) is 35.6 Å². The summed E-state index contributed by atoms with van der Waals surface area (Å²) in [7, 11) is 4.22. The van der Waals surface area contributed by atoms with E-state index in [0.29, 0.717) is 5.57 Å². The molecule has 3 rings (SSSR count). The maximum Gasteiger partial charge on any atom is 0.173 e. The lowest BCUT2D eigenvalue weighted by molar-refractivity contribution is -0.310. The number of hydrogen-bond acceptors (Lipinski definition) is 4. The Bertz CT molecular complexity index is 1010. The molecule has 0 radical (unpaired) electrons. The number of nitrogens with zero attached hydrogens (tertiary/aromatic N) is 2. The lowest BCUT2D eigenvalue weighted by Gasteiger charge is -2.37. The van der Waals surface area contributed by atoms with Gasteiger partial charge in [-0.05, 0) is 48.2 Å². The van der Waals surface area contributed by atoms with Gasteiger partial charge in [0.15, 0.2) is 5.78 Å². The molecule has 1 unspecified atom stereocenters. The van der Waals surface area contributed by atoms with E-state index in [1.165, 1.54) is 77.0 Å². The Morgan fingerprint density at radius 2 is 1.05 bits per heavy atom. The molecule has 0 bridgehead atoms. The van der Waals surface area contributed by atoms with Crippen LogP contribution in [0.2, 0.25) is 0 Å². The topological polar surface area (TPSA) is 46.6 Å². The van der Waals surface area contributed by atoms with Gasteiger partial charge in [0.2, 0.25) is 0 Å². The van der Waals surface area contributed by atoms with E-state index < -0.39 is 5.92 Å². The van der Waals surface area contributed by atoms with Crippen molar-refractivity contribution in [2.24, 2.45) is 0 Å². The number of unbranched alkanes of at least 4 members (excludes halogenated alkanes) is 10. The molecule has 0 spiro atoms. The van der Waals surface area contributed by atoms with Crippen molar-refractivity contribution in [1.82, 2.24) is 0 Å². The SMILES string of the molecule is CCCCCCCCN(C)c1ccc(C2=C([O-])C(c3ccc(N(C)CCCCCCCC)cc3)C2=O)cc1. The second-order valence-corrected chi connectivity index (χ2v) is 11.1. The molecule has 0 N–H and O–H groups in total. The molecule has 0 heterocycles. The van der Waals surface area contributed by atoms with E-state index in [1.54, 1.807) is 0 Å². The highest BCUT2D eigenvalue weighted by Gasteiger charge is 2.35. The first kappa shape index (κ1) is 29.8. The van der Waals surface area contributed by atoms with E-state index in [-0.39, 0.29) is 11.5 Å². The molecule has 1 aliphatic carbocycles. The molecule has 4 nitrogen and oxygen atoms in total. The van der Waals surface area contributed by atoms with Crippen LogP contribution in [0.25, 0.3) is 5.57 Å². The molecule has 2 aromatic rings. The lowest BCUT2D eigenvalue weighted by Crippen LogP contribution is -2.35. The molecule has 1 atom stereocenters. The smallest absolute Gasteiger partial charge is 0.173 e. The minimum Gasteiger partial charge on any atom is -0.874 e. The van der Waals surface area contributed by atoms with Crippen molar-refractivity contribution < 1.29 is 9.90 Å². The summed E-state index contributed by atoms with van der Waals surface area (Å²) in [5.74, 6) is -0.772. The third kappa shape index (κ3) is 8.12. The van der Waals surface area contributed by atoms with Gasteiger partial charge in [0.05, 0.1) is 5.92 Å². The number of ketones is 1. The van der Waals surface area contributed by atoms with Crippen LogP contribution >= 0.6 is 0 Å². The Morgan fingerprint density at radius 1 is 0.632 bits per heavy atom. The predicted molar refractivity (Wildman–Crippen MR) is 161 cm³/mol. The number of rotatable bonds is 18. The van der Waals surface area contributed by atoms with Crippen LogP contribution in [-0.2, 0) is 4.79 Å². The van der Waals surface area contributed by atoms with Crippen LogP contribution in [0.4, 0.5) is 11.4 Å². The van der Waals surface area contributed by atoms with Crippen molar-refractivity contribution in [2.45, 2.75) is 96.8 Å². The summed E-state index contributed by atoms with van der Waals surface area (Å²) in [6, 6.07) is 15.9. The normalized spacial score (nSPS) is 15.1. The summed E-state index contributed by atoms with van der Waals surface area (Å²) >= 11 is 0. The highest BCUT2D eigenvalue weighted by Crippen LogP contribution is 2.42. The second kappa shape index (κ2) is 15.6. The highest BCUT2D eigenvalue weighted by molar-refractivity contribution is 6.31. The largest absolute Gasteiger partial charge is 0.874 e. The molecular weight excluding hydrogens is 468 g/mol. The number of carbonyl (C=O) groups excluding carboxylic acids is 1. The van der Waals surface area contributed by atoms with Crippen LogP contribution in [0.1, 0.15) is 108 Å². The fourth-order valence-electron chi connectivity index (χ4n) is 5.36. The van der Waals surface area contributed by atoms with Gasteiger partial charge < -0.3 is 14.9 Å². The molecular formula is C34H49N2O2-. The minimum atomic E-state index is -0.655. The van der Waals surface area contributed by atoms with Gasteiger partial charge in [0.1, 0.15) is 0 Å². The minimum absolute atomic E-state index is 0.0589. The Balaban J connectivity index is 1.52. The zero-order valence-corrected chi connectivity index (χ0v) is 24.3. The highest BCUT2D eigenvalue weighted by atomic mass is 16.3. The van der Waals surface area contributed by atoms with Gasteiger partial charge in [-0.2, -0.15) is 0 Å². The van der Waals surface area contributed by atoms with Crippen molar-refractivity contribution in [3.63, 3.8) is 0 Å². The first-order valence-corrected chi connectivity index (χ1v) is 15.1. The number of allylic oxidation sites excluding steroid dienone is 2. The first-order chi connectivity index (χ1) is 18.5. The number of anilines is 2. The Hall–Kier alpha value is -2.75. The third-order valence-electron chi connectivity index (χ3n) is 7.98. The standard InChI is InChI=1S/C34H50N2O2/c1-5-7-9-11-13-15-25-35(3)29-21-17-27(18-22-29)31-33(37)32(34(31)38)28-19-23-30(24-20-28)36(4)26-16-14-12-10-8-6-2/h17-24,31,37H,5-16,25-26H2,1-4H3/p-1. The van der Waals surface area contributed by atoms with Gasteiger partial charge in [-0.3, -0.25) is 4.79 Å². The quantitative estimate of drug-likeness (QED) is 0.190. The molecule has 208 valence electrons. The summed E-state index contributed by atoms with van der Waals surface area (Å²) in [5, 5.41) is 13.0. The number of carbonyl (C=O) groups is 1. The average molecular weight is 518 g/mol. The van der Waals surface area contributed by atoms with Gasteiger partial charge in [-0.15, -0.1) is 5.76 Å². The molecule has 0 saturated heterocycles. The van der Waals surface area contributed by atoms with Gasteiger partial charge >= 0.3 is 0 Å². The zero-order valence-electron chi connectivity index (χ0n) is 24.3. The van der Waals surface area contributed by atoms with Gasteiger partial charge in [-0.1, -0.05) is 102 Å². The Morgan fingerprint density at radius 3 is 1.50 bits per heavy atom. The van der Waals surface area contributed by atoms with Gasteiger partial charge in [0.25, 0.3) is 0 Å². The van der Waals surface area contributed by atoms with Crippen LogP contribution in [0, 0.1) is 0 Å². The molecule has 38 heavy (non-hydrogen) atoms. The van der Waals surface area contributed by atoms with E-state index in [1.807, 2.05) is 48.5 Å². The number of Topliss-reactive ketones (excluding diaryl/α,β-unsaturated/α-hetero) is 1. The summed E-state index contributed by atoms with van der Waals surface area (Å²) in [4.78, 5) is 17.5. The fraction of sp³-hybridized carbons (Fsp3) is 0.559. The third-order valence-corrected chi connectivity index (χ3v) is 7.98. The maximum absolute atomic E-state index is 13.0. The van der Waals surface area contributed by atoms with Gasteiger partial charge in [0, 0.05) is 44.1 Å². The fourth-order valence-corrected chi connectivity index (χ4v) is 5.36. The molecule has 2 aromatic carbocycles. The predicted octanol–water partition coefficient (Wildman–Crippen LogP) is 7.72. The Kier molecular flexibility index (Phi) is 12.2. The van der Waals surface area contributed by atoms with Crippen molar-refractivity contribution in [3.05, 3.63) is 65.4 Å². The van der Waals surface area contributed by atoms with Crippen molar-refractivity contribution in [3.8, 4) is 0 Å². The van der Waals surface area contributed by atoms with Crippen molar-refractivity contribution in [2.75, 3.05) is 37.0 Å². The summed E-state index contributed by atoms with van der Waals surface area (Å²) in [5.41, 5.74) is 4.15.